The molecule has 0 bridgehead atoms. The lowest BCUT2D eigenvalue weighted by molar-refractivity contribution is 0.00578. The fourth-order valence-electron chi connectivity index (χ4n) is 1.94. The third kappa shape index (κ3) is 2.15. The summed E-state index contributed by atoms with van der Waals surface area (Å²) in [5.74, 6) is 0.356. The van der Waals surface area contributed by atoms with E-state index in [0.29, 0.717) is 11.4 Å². The van der Waals surface area contributed by atoms with Crippen LogP contribution in [-0.4, -0.2) is 33.1 Å². The molecule has 2 aromatic heterocycles. The summed E-state index contributed by atoms with van der Waals surface area (Å²) in [5, 5.41) is 3.87. The van der Waals surface area contributed by atoms with Crippen molar-refractivity contribution in [2.45, 2.75) is 38.9 Å². The van der Waals surface area contributed by atoms with Crippen LogP contribution in [0, 0.1) is 0 Å². The van der Waals surface area contributed by atoms with Gasteiger partial charge in [0.1, 0.15) is 0 Å². The Morgan fingerprint density at radius 2 is 1.90 bits per heavy atom. The quantitative estimate of drug-likeness (QED) is 0.780. The highest BCUT2D eigenvalue weighted by atomic mass is 16.7. The van der Waals surface area contributed by atoms with E-state index in [-0.39, 0.29) is 18.4 Å². The zero-order valence-electron chi connectivity index (χ0n) is 15.0. The molecule has 3 heterocycles. The van der Waals surface area contributed by atoms with Crippen LogP contribution in [0.5, 0.6) is 0 Å². The van der Waals surface area contributed by atoms with Gasteiger partial charge in [-0.05, 0) is 45.9 Å². The maximum atomic E-state index is 7.85. The normalized spacial score (nSPS) is 22.4. The fourth-order valence-corrected chi connectivity index (χ4v) is 1.94. The van der Waals surface area contributed by atoms with Gasteiger partial charge in [0.15, 0.2) is 5.82 Å². The van der Waals surface area contributed by atoms with Crippen LogP contribution in [0.3, 0.4) is 0 Å². The van der Waals surface area contributed by atoms with Crippen molar-refractivity contribution in [1.29, 1.82) is 0 Å². The first-order valence-corrected chi connectivity index (χ1v) is 6.48. The average Bonchev–Trinajstić information content (AvgIpc) is 2.86. The third-order valence-electron chi connectivity index (χ3n) is 3.84. The molecule has 1 aliphatic heterocycles. The van der Waals surface area contributed by atoms with Crippen LogP contribution in [0.15, 0.2) is 36.6 Å². The van der Waals surface area contributed by atoms with Crippen LogP contribution in [0.2, 0.25) is 0 Å². The summed E-state index contributed by atoms with van der Waals surface area (Å²) in [4.78, 5) is 4.44. The minimum Gasteiger partial charge on any atom is -0.398 e. The molecule has 3 rings (SSSR count). The molecule has 104 valence electrons. The first-order chi connectivity index (χ1) is 10.6. The van der Waals surface area contributed by atoms with Crippen molar-refractivity contribution >= 4 is 12.7 Å². The first-order valence-electron chi connectivity index (χ1n) is 7.98. The molecule has 0 aliphatic carbocycles. The van der Waals surface area contributed by atoms with Gasteiger partial charge in [0.2, 0.25) is 0 Å². The molecule has 0 aromatic carbocycles. The van der Waals surface area contributed by atoms with Crippen LogP contribution < -0.4 is 5.59 Å². The summed E-state index contributed by atoms with van der Waals surface area (Å²) in [6.45, 7) is 7.85. The van der Waals surface area contributed by atoms with E-state index >= 15 is 0 Å². The van der Waals surface area contributed by atoms with E-state index in [2.05, 4.69) is 10.1 Å². The Hall–Kier alpha value is -1.66. The summed E-state index contributed by atoms with van der Waals surface area (Å²) in [6.07, 6.45) is -0.425. The van der Waals surface area contributed by atoms with Gasteiger partial charge in [-0.25, -0.2) is 9.67 Å². The van der Waals surface area contributed by atoms with Crippen molar-refractivity contribution in [1.82, 2.24) is 14.8 Å². The van der Waals surface area contributed by atoms with E-state index in [0.717, 1.165) is 0 Å². The maximum absolute atomic E-state index is 7.85. The summed E-state index contributed by atoms with van der Waals surface area (Å²) < 4.78 is 36.1. The molecular formula is C14H18BN3O2. The minimum atomic E-state index is -0.615. The molecule has 20 heavy (non-hydrogen) atoms. The predicted molar refractivity (Wildman–Crippen MR) is 77.1 cm³/mol. The molecule has 0 atom stereocenters. The summed E-state index contributed by atoms with van der Waals surface area (Å²) >= 11 is 0. The molecular weight excluding hydrogens is 253 g/mol. The lowest BCUT2D eigenvalue weighted by atomic mass is 9.84. The van der Waals surface area contributed by atoms with Gasteiger partial charge >= 0.3 is 7.12 Å². The maximum Gasteiger partial charge on any atom is 0.514 e. The predicted octanol–water partition coefficient (Wildman–Crippen LogP) is 1.57. The summed E-state index contributed by atoms with van der Waals surface area (Å²) in [5.41, 5.74) is -0.372. The zero-order chi connectivity index (χ0) is 17.0. The number of nitrogens with zero attached hydrogens (tertiary/aromatic N) is 3. The van der Waals surface area contributed by atoms with Gasteiger partial charge in [-0.15, -0.1) is 0 Å². The molecule has 1 aliphatic rings. The van der Waals surface area contributed by atoms with Crippen molar-refractivity contribution in [2.24, 2.45) is 0 Å². The van der Waals surface area contributed by atoms with Crippen LogP contribution in [-0.2, 0) is 9.31 Å². The lowest BCUT2D eigenvalue weighted by Gasteiger charge is -2.32. The zero-order valence-corrected chi connectivity index (χ0v) is 12.0. The van der Waals surface area contributed by atoms with Crippen LogP contribution >= 0.6 is 0 Å². The summed E-state index contributed by atoms with van der Waals surface area (Å²) in [7, 11) is -0.615. The Morgan fingerprint density at radius 1 is 1.20 bits per heavy atom. The van der Waals surface area contributed by atoms with Crippen LogP contribution in [0.1, 0.15) is 31.8 Å². The Labute approximate surface area is 123 Å². The molecule has 0 unspecified atom stereocenters. The molecule has 5 nitrogen and oxygen atoms in total. The van der Waals surface area contributed by atoms with Gasteiger partial charge in [0, 0.05) is 12.3 Å². The van der Waals surface area contributed by atoms with Gasteiger partial charge < -0.3 is 9.31 Å². The van der Waals surface area contributed by atoms with E-state index in [1.54, 1.807) is 18.2 Å². The van der Waals surface area contributed by atoms with Crippen LogP contribution in [0.25, 0.3) is 5.82 Å². The Bertz CT molecular complexity index is 748. The molecule has 0 radical (unpaired) electrons. The van der Waals surface area contributed by atoms with E-state index in [1.807, 2.05) is 27.7 Å². The van der Waals surface area contributed by atoms with Gasteiger partial charge in [0.05, 0.1) is 20.9 Å². The molecule has 0 amide bonds. The standard InChI is InChI=1S/C14H18BN3O2/c1-13(2)14(3,4)20-15(19-13)11-7-5-8-12(17-11)18-10-6-9-16-18/h5-10H,1-4H3/i6D,9D,10D. The van der Waals surface area contributed by atoms with Gasteiger partial charge in [0.25, 0.3) is 0 Å². The van der Waals surface area contributed by atoms with E-state index < -0.39 is 18.3 Å². The van der Waals surface area contributed by atoms with Crippen molar-refractivity contribution < 1.29 is 13.4 Å². The molecule has 0 saturated carbocycles. The van der Waals surface area contributed by atoms with Crippen molar-refractivity contribution in [3.05, 3.63) is 36.6 Å². The van der Waals surface area contributed by atoms with Crippen LogP contribution in [0.4, 0.5) is 0 Å². The molecule has 0 spiro atoms. The largest absolute Gasteiger partial charge is 0.514 e. The number of rotatable bonds is 2. The van der Waals surface area contributed by atoms with Crippen molar-refractivity contribution in [3.63, 3.8) is 0 Å². The molecule has 6 heteroatoms. The SMILES string of the molecule is [2H]c1nn(-c2cccc(B3OC(C)(C)C(C)(C)O3)n2)c([2H])c1[2H]. The molecule has 2 aromatic rings. The fraction of sp³-hybridized carbons (Fsp3) is 0.429. The Balaban J connectivity index is 1.97. The third-order valence-corrected chi connectivity index (χ3v) is 3.84. The number of pyridine rings is 1. The van der Waals surface area contributed by atoms with Gasteiger partial charge in [-0.1, -0.05) is 6.07 Å². The van der Waals surface area contributed by atoms with E-state index in [1.165, 1.54) is 4.68 Å². The summed E-state index contributed by atoms with van der Waals surface area (Å²) in [6, 6.07) is 4.98. The van der Waals surface area contributed by atoms with Gasteiger partial charge in [-0.2, -0.15) is 5.10 Å². The monoisotopic (exact) mass is 274 g/mol. The highest BCUT2D eigenvalue weighted by Crippen LogP contribution is 2.36. The highest BCUT2D eigenvalue weighted by molar-refractivity contribution is 6.61. The molecule has 0 N–H and O–H groups in total. The van der Waals surface area contributed by atoms with Crippen molar-refractivity contribution in [3.8, 4) is 5.82 Å². The van der Waals surface area contributed by atoms with Gasteiger partial charge in [-0.3, -0.25) is 0 Å². The number of hydrogen-bond acceptors (Lipinski definition) is 4. The molecule has 1 saturated heterocycles. The second-order valence-electron chi connectivity index (χ2n) is 5.77. The topological polar surface area (TPSA) is 49.2 Å². The second kappa shape index (κ2) is 4.43. The van der Waals surface area contributed by atoms with E-state index in [4.69, 9.17) is 13.4 Å². The Kier molecular flexibility index (Phi) is 2.24. The average molecular weight is 274 g/mol. The number of hydrogen-bond donors (Lipinski definition) is 0. The lowest BCUT2D eigenvalue weighted by Crippen LogP contribution is -2.41. The minimum absolute atomic E-state index is 0.173. The smallest absolute Gasteiger partial charge is 0.398 e. The Morgan fingerprint density at radius 3 is 2.50 bits per heavy atom. The first kappa shape index (κ1) is 10.1. The van der Waals surface area contributed by atoms with Crippen molar-refractivity contribution in [2.75, 3.05) is 0 Å². The number of aromatic nitrogens is 3. The highest BCUT2D eigenvalue weighted by Gasteiger charge is 2.52. The molecule has 1 fully saturated rings. The van der Waals surface area contributed by atoms with E-state index in [9.17, 15) is 0 Å². The second-order valence-corrected chi connectivity index (χ2v) is 5.77.